The van der Waals surface area contributed by atoms with Gasteiger partial charge in [0.15, 0.2) is 0 Å². The van der Waals surface area contributed by atoms with Crippen molar-refractivity contribution in [2.24, 2.45) is 5.92 Å². The van der Waals surface area contributed by atoms with Crippen LogP contribution >= 0.6 is 15.9 Å². The molecule has 2 rings (SSSR count). The SMILES string of the molecule is CC1C(F)C1(C#N)c1cccc(Br)c1. The fourth-order valence-electron chi connectivity index (χ4n) is 1.90. The topological polar surface area (TPSA) is 23.8 Å². The van der Waals surface area contributed by atoms with Crippen LogP contribution in [0.3, 0.4) is 0 Å². The predicted molar refractivity (Wildman–Crippen MR) is 55.5 cm³/mol. The first-order valence-electron chi connectivity index (χ1n) is 4.44. The van der Waals surface area contributed by atoms with Gasteiger partial charge >= 0.3 is 0 Å². The summed E-state index contributed by atoms with van der Waals surface area (Å²) < 4.78 is 14.3. The number of nitrogens with zero attached hydrogens (tertiary/aromatic N) is 1. The van der Waals surface area contributed by atoms with Crippen LogP contribution in [0.5, 0.6) is 0 Å². The molecule has 1 fully saturated rings. The highest BCUT2D eigenvalue weighted by molar-refractivity contribution is 9.10. The number of rotatable bonds is 1. The third-order valence-corrected chi connectivity index (χ3v) is 3.46. The molecule has 0 spiro atoms. The van der Waals surface area contributed by atoms with Crippen LogP contribution in [0.2, 0.25) is 0 Å². The van der Waals surface area contributed by atoms with Gasteiger partial charge < -0.3 is 0 Å². The largest absolute Gasteiger partial charge is 0.245 e. The zero-order valence-corrected chi connectivity index (χ0v) is 9.25. The van der Waals surface area contributed by atoms with E-state index in [-0.39, 0.29) is 5.92 Å². The molecule has 0 saturated heterocycles. The molecule has 14 heavy (non-hydrogen) atoms. The number of hydrogen-bond acceptors (Lipinski definition) is 1. The quantitative estimate of drug-likeness (QED) is 0.754. The highest BCUT2D eigenvalue weighted by Crippen LogP contribution is 2.56. The minimum absolute atomic E-state index is 0.193. The standard InChI is InChI=1S/C11H9BrFN/c1-7-10(13)11(7,6-14)8-3-2-4-9(12)5-8/h2-5,7,10H,1H3. The van der Waals surface area contributed by atoms with E-state index in [9.17, 15) is 4.39 Å². The third kappa shape index (κ3) is 1.10. The first-order chi connectivity index (χ1) is 6.63. The average Bonchev–Trinajstić information content (AvgIpc) is 2.71. The monoisotopic (exact) mass is 253 g/mol. The minimum Gasteiger partial charge on any atom is -0.245 e. The Bertz CT molecular complexity index is 402. The Morgan fingerprint density at radius 2 is 2.21 bits per heavy atom. The molecule has 0 radical (unpaired) electrons. The predicted octanol–water partition coefficient (Wildman–Crippen LogP) is 3.20. The van der Waals surface area contributed by atoms with Gasteiger partial charge in [0.1, 0.15) is 11.6 Å². The summed E-state index contributed by atoms with van der Waals surface area (Å²) in [6.45, 7) is 1.77. The Morgan fingerprint density at radius 3 is 2.64 bits per heavy atom. The minimum atomic E-state index is -1.03. The lowest BCUT2D eigenvalue weighted by molar-refractivity contribution is 0.436. The molecule has 3 atom stereocenters. The van der Waals surface area contributed by atoms with Crippen LogP contribution in [0, 0.1) is 17.2 Å². The molecular formula is C11H9BrFN. The fraction of sp³-hybridized carbons (Fsp3) is 0.364. The fourth-order valence-corrected chi connectivity index (χ4v) is 2.30. The summed E-state index contributed by atoms with van der Waals surface area (Å²) in [7, 11) is 0. The highest BCUT2D eigenvalue weighted by Gasteiger charge is 2.65. The number of alkyl halides is 1. The Morgan fingerprint density at radius 1 is 1.57 bits per heavy atom. The van der Waals surface area contributed by atoms with Crippen molar-refractivity contribution in [2.45, 2.75) is 18.5 Å². The molecule has 0 aromatic heterocycles. The molecular weight excluding hydrogens is 245 g/mol. The molecule has 0 N–H and O–H groups in total. The summed E-state index contributed by atoms with van der Waals surface area (Å²) in [5, 5.41) is 9.04. The number of halogens is 2. The van der Waals surface area contributed by atoms with E-state index in [0.29, 0.717) is 0 Å². The molecule has 72 valence electrons. The van der Waals surface area contributed by atoms with E-state index in [2.05, 4.69) is 22.0 Å². The maximum Gasteiger partial charge on any atom is 0.128 e. The van der Waals surface area contributed by atoms with Gasteiger partial charge in [0.2, 0.25) is 0 Å². The van der Waals surface area contributed by atoms with Gasteiger partial charge in [-0.25, -0.2) is 4.39 Å². The van der Waals surface area contributed by atoms with E-state index in [1.54, 1.807) is 6.92 Å². The lowest BCUT2D eigenvalue weighted by Gasteiger charge is -2.06. The van der Waals surface area contributed by atoms with Crippen LogP contribution in [-0.4, -0.2) is 6.17 Å². The van der Waals surface area contributed by atoms with Crippen LogP contribution < -0.4 is 0 Å². The second-order valence-electron chi connectivity index (χ2n) is 3.68. The van der Waals surface area contributed by atoms with Gasteiger partial charge in [0.05, 0.1) is 6.07 Å². The normalized spacial score (nSPS) is 35.0. The van der Waals surface area contributed by atoms with Crippen molar-refractivity contribution in [1.29, 1.82) is 5.26 Å². The van der Waals surface area contributed by atoms with Gasteiger partial charge in [-0.05, 0) is 17.7 Å². The van der Waals surface area contributed by atoms with Crippen LogP contribution in [0.4, 0.5) is 4.39 Å². The second-order valence-corrected chi connectivity index (χ2v) is 4.60. The molecule has 0 amide bonds. The Balaban J connectivity index is 2.46. The van der Waals surface area contributed by atoms with Gasteiger partial charge in [-0.2, -0.15) is 5.26 Å². The van der Waals surface area contributed by atoms with Gasteiger partial charge in [0.25, 0.3) is 0 Å². The molecule has 1 aliphatic rings. The number of hydrogen-bond donors (Lipinski definition) is 0. The molecule has 1 aromatic carbocycles. The van der Waals surface area contributed by atoms with Crippen molar-refractivity contribution >= 4 is 15.9 Å². The molecule has 3 unspecified atom stereocenters. The molecule has 0 aliphatic heterocycles. The van der Waals surface area contributed by atoms with Crippen molar-refractivity contribution < 1.29 is 4.39 Å². The molecule has 1 saturated carbocycles. The summed E-state index contributed by atoms with van der Waals surface area (Å²) in [6.07, 6.45) is -1.03. The molecule has 0 heterocycles. The lowest BCUT2D eigenvalue weighted by Crippen LogP contribution is -2.08. The van der Waals surface area contributed by atoms with Crippen molar-refractivity contribution in [1.82, 2.24) is 0 Å². The zero-order valence-electron chi connectivity index (χ0n) is 7.67. The molecule has 3 heteroatoms. The Labute approximate surface area is 90.7 Å². The lowest BCUT2D eigenvalue weighted by atomic mass is 9.95. The van der Waals surface area contributed by atoms with E-state index >= 15 is 0 Å². The van der Waals surface area contributed by atoms with Crippen molar-refractivity contribution in [3.05, 3.63) is 34.3 Å². The van der Waals surface area contributed by atoms with Gasteiger partial charge in [-0.3, -0.25) is 0 Å². The molecule has 0 bridgehead atoms. The average molecular weight is 254 g/mol. The zero-order chi connectivity index (χ0) is 10.3. The Hall–Kier alpha value is -0.880. The van der Waals surface area contributed by atoms with Crippen molar-refractivity contribution in [2.75, 3.05) is 0 Å². The van der Waals surface area contributed by atoms with Crippen LogP contribution in [-0.2, 0) is 5.41 Å². The smallest absolute Gasteiger partial charge is 0.128 e. The second kappa shape index (κ2) is 3.06. The van der Waals surface area contributed by atoms with E-state index < -0.39 is 11.6 Å². The van der Waals surface area contributed by atoms with Gasteiger partial charge in [-0.1, -0.05) is 35.0 Å². The summed E-state index contributed by atoms with van der Waals surface area (Å²) in [5.74, 6) is -0.193. The van der Waals surface area contributed by atoms with E-state index in [1.165, 1.54) is 0 Å². The van der Waals surface area contributed by atoms with Crippen LogP contribution in [0.25, 0.3) is 0 Å². The van der Waals surface area contributed by atoms with Crippen LogP contribution in [0.15, 0.2) is 28.7 Å². The maximum absolute atomic E-state index is 13.4. The van der Waals surface area contributed by atoms with Crippen molar-refractivity contribution in [3.8, 4) is 6.07 Å². The van der Waals surface area contributed by atoms with E-state index in [1.807, 2.05) is 24.3 Å². The maximum atomic E-state index is 13.4. The molecule has 1 aliphatic carbocycles. The number of nitriles is 1. The summed E-state index contributed by atoms with van der Waals surface area (Å²) in [5.41, 5.74) is -0.126. The first-order valence-corrected chi connectivity index (χ1v) is 5.23. The summed E-state index contributed by atoms with van der Waals surface area (Å²) >= 11 is 3.32. The van der Waals surface area contributed by atoms with Crippen LogP contribution in [0.1, 0.15) is 12.5 Å². The summed E-state index contributed by atoms with van der Waals surface area (Å²) in [6, 6.07) is 9.43. The third-order valence-electron chi connectivity index (χ3n) is 2.97. The van der Waals surface area contributed by atoms with E-state index in [4.69, 9.17) is 5.26 Å². The van der Waals surface area contributed by atoms with E-state index in [0.717, 1.165) is 10.0 Å². The molecule has 1 aromatic rings. The summed E-state index contributed by atoms with van der Waals surface area (Å²) in [4.78, 5) is 0. The van der Waals surface area contributed by atoms with Crippen molar-refractivity contribution in [3.63, 3.8) is 0 Å². The first kappa shape index (κ1) is 9.67. The number of benzene rings is 1. The Kier molecular flexibility index (Phi) is 2.11. The highest BCUT2D eigenvalue weighted by atomic mass is 79.9. The van der Waals surface area contributed by atoms with Gasteiger partial charge in [-0.15, -0.1) is 0 Å². The van der Waals surface area contributed by atoms with Gasteiger partial charge in [0, 0.05) is 10.4 Å². The molecule has 1 nitrogen and oxygen atoms in total.